The first-order valence-corrected chi connectivity index (χ1v) is 4.11. The van der Waals surface area contributed by atoms with Crippen molar-refractivity contribution in [3.63, 3.8) is 0 Å². The third-order valence-electron chi connectivity index (χ3n) is 2.69. The van der Waals surface area contributed by atoms with Crippen molar-refractivity contribution in [2.24, 2.45) is 5.41 Å². The molecular weight excluding hydrogens is 178 g/mol. The fourth-order valence-electron chi connectivity index (χ4n) is 2.20. The Balaban J connectivity index is 0.000000720. The predicted molar refractivity (Wildman–Crippen MR) is 47.4 cm³/mol. The first-order chi connectivity index (χ1) is 5.20. The Bertz CT molecular complexity index is 187. The number of carbonyl (C=O) groups excluding carboxylic acids is 1. The third kappa shape index (κ3) is 1.63. The largest absolute Gasteiger partial charge is 0.392 e. The molecule has 0 aromatic rings. The molecule has 1 heterocycles. The minimum Gasteiger partial charge on any atom is -0.392 e. The highest BCUT2D eigenvalue weighted by Gasteiger charge is 2.45. The quantitative estimate of drug-likeness (QED) is 0.572. The summed E-state index contributed by atoms with van der Waals surface area (Å²) in [5.74, 6) is 0.348. The van der Waals surface area contributed by atoms with Gasteiger partial charge in [-0.15, -0.1) is 12.4 Å². The Kier molecular flexibility index (Phi) is 2.76. The van der Waals surface area contributed by atoms with E-state index in [1.807, 2.05) is 0 Å². The molecule has 2 fully saturated rings. The van der Waals surface area contributed by atoms with Crippen molar-refractivity contribution < 1.29 is 9.90 Å². The summed E-state index contributed by atoms with van der Waals surface area (Å²) in [4.78, 5) is 10.8. The average Bonchev–Trinajstić information content (AvgIpc) is 1.84. The van der Waals surface area contributed by atoms with E-state index in [0.29, 0.717) is 25.2 Å². The molecule has 0 bridgehead atoms. The maximum absolute atomic E-state index is 10.8. The lowest BCUT2D eigenvalue weighted by atomic mass is 9.63. The van der Waals surface area contributed by atoms with Crippen molar-refractivity contribution in [2.75, 3.05) is 13.1 Å². The molecule has 2 N–H and O–H groups in total. The van der Waals surface area contributed by atoms with Crippen LogP contribution in [0.1, 0.15) is 19.3 Å². The number of β-amino-alcohol motifs (C(OH)–C–C–N with tert-alkyl or cyclic N) is 1. The van der Waals surface area contributed by atoms with Crippen molar-refractivity contribution in [3.05, 3.63) is 0 Å². The van der Waals surface area contributed by atoms with Crippen LogP contribution in [0.5, 0.6) is 0 Å². The molecule has 70 valence electrons. The van der Waals surface area contributed by atoms with E-state index < -0.39 is 0 Å². The molecule has 1 aliphatic heterocycles. The number of aliphatic hydroxyl groups excluding tert-OH is 1. The lowest BCUT2D eigenvalue weighted by Gasteiger charge is -2.45. The van der Waals surface area contributed by atoms with E-state index in [1.165, 1.54) is 0 Å². The van der Waals surface area contributed by atoms with Crippen molar-refractivity contribution >= 4 is 18.2 Å². The van der Waals surface area contributed by atoms with Gasteiger partial charge in [0.15, 0.2) is 0 Å². The van der Waals surface area contributed by atoms with Gasteiger partial charge in [-0.2, -0.15) is 0 Å². The van der Waals surface area contributed by atoms with Crippen molar-refractivity contribution in [3.8, 4) is 0 Å². The second-order valence-corrected chi connectivity index (χ2v) is 3.88. The first-order valence-electron chi connectivity index (χ1n) is 4.11. The Labute approximate surface area is 77.9 Å². The standard InChI is InChI=1S/C8H13NO2.ClH/c10-6-1-8(2-6)3-7(11)4-9-5-8;/h7,9,11H,1-5H2;1H. The molecule has 12 heavy (non-hydrogen) atoms. The van der Waals surface area contributed by atoms with Crippen molar-refractivity contribution in [2.45, 2.75) is 25.4 Å². The molecule has 1 spiro atoms. The van der Waals surface area contributed by atoms with Crippen LogP contribution in [0.4, 0.5) is 0 Å². The molecule has 1 aliphatic carbocycles. The van der Waals surface area contributed by atoms with Gasteiger partial charge in [0.2, 0.25) is 0 Å². The molecule has 3 nitrogen and oxygen atoms in total. The van der Waals surface area contributed by atoms with E-state index in [9.17, 15) is 9.90 Å². The zero-order valence-electron chi connectivity index (χ0n) is 6.88. The normalized spacial score (nSPS) is 32.4. The number of rotatable bonds is 0. The van der Waals surface area contributed by atoms with E-state index in [4.69, 9.17) is 0 Å². The lowest BCUT2D eigenvalue weighted by molar-refractivity contribution is -0.135. The number of hydrogen-bond donors (Lipinski definition) is 2. The van der Waals surface area contributed by atoms with Gasteiger partial charge in [0.05, 0.1) is 6.10 Å². The maximum Gasteiger partial charge on any atom is 0.134 e. The molecule has 2 aliphatic rings. The number of piperidine rings is 1. The fourth-order valence-corrected chi connectivity index (χ4v) is 2.20. The number of ketones is 1. The van der Waals surface area contributed by atoms with Crippen LogP contribution in [0.15, 0.2) is 0 Å². The van der Waals surface area contributed by atoms with E-state index in [0.717, 1.165) is 13.0 Å². The Morgan fingerprint density at radius 2 is 2.17 bits per heavy atom. The zero-order chi connectivity index (χ0) is 7.90. The molecule has 2 rings (SSSR count). The number of aliphatic hydroxyl groups is 1. The molecule has 1 unspecified atom stereocenters. The number of carbonyl (C=O) groups is 1. The summed E-state index contributed by atoms with van der Waals surface area (Å²) < 4.78 is 0. The second kappa shape index (κ2) is 3.32. The van der Waals surface area contributed by atoms with Gasteiger partial charge in [-0.1, -0.05) is 0 Å². The van der Waals surface area contributed by atoms with Gasteiger partial charge in [0.1, 0.15) is 5.78 Å². The summed E-state index contributed by atoms with van der Waals surface area (Å²) >= 11 is 0. The minimum atomic E-state index is -0.239. The smallest absolute Gasteiger partial charge is 0.134 e. The summed E-state index contributed by atoms with van der Waals surface area (Å²) in [6.45, 7) is 1.60. The summed E-state index contributed by atoms with van der Waals surface area (Å²) in [5, 5.41) is 12.5. The third-order valence-corrected chi connectivity index (χ3v) is 2.69. The summed E-state index contributed by atoms with van der Waals surface area (Å²) in [6, 6.07) is 0. The zero-order valence-corrected chi connectivity index (χ0v) is 7.69. The number of Topliss-reactive ketones (excluding diaryl/α,β-unsaturated/α-hetero) is 1. The highest BCUT2D eigenvalue weighted by Crippen LogP contribution is 2.42. The monoisotopic (exact) mass is 191 g/mol. The van der Waals surface area contributed by atoms with Gasteiger partial charge in [-0.25, -0.2) is 0 Å². The van der Waals surface area contributed by atoms with Crippen LogP contribution < -0.4 is 5.32 Å². The SMILES string of the molecule is Cl.O=C1CC2(CNCC(O)C2)C1. The maximum atomic E-state index is 10.8. The van der Waals surface area contributed by atoms with Crippen LogP contribution in [0.3, 0.4) is 0 Å². The molecule has 4 heteroatoms. The average molecular weight is 192 g/mol. The van der Waals surface area contributed by atoms with Gasteiger partial charge in [-0.05, 0) is 11.8 Å². The van der Waals surface area contributed by atoms with Crippen LogP contribution in [0.25, 0.3) is 0 Å². The molecule has 1 saturated carbocycles. The second-order valence-electron chi connectivity index (χ2n) is 3.88. The molecular formula is C8H14ClNO2. The molecule has 1 atom stereocenters. The molecule has 0 radical (unpaired) electrons. The van der Waals surface area contributed by atoms with Crippen LogP contribution in [0.2, 0.25) is 0 Å². The number of hydrogen-bond acceptors (Lipinski definition) is 3. The molecule has 0 aromatic heterocycles. The van der Waals surface area contributed by atoms with E-state index >= 15 is 0 Å². The van der Waals surface area contributed by atoms with E-state index in [2.05, 4.69) is 5.32 Å². The van der Waals surface area contributed by atoms with E-state index in [1.54, 1.807) is 0 Å². The van der Waals surface area contributed by atoms with Gasteiger partial charge < -0.3 is 10.4 Å². The summed E-state index contributed by atoms with van der Waals surface area (Å²) in [7, 11) is 0. The minimum absolute atomic E-state index is 0. The summed E-state index contributed by atoms with van der Waals surface area (Å²) in [6.07, 6.45) is 1.93. The highest BCUT2D eigenvalue weighted by atomic mass is 35.5. The highest BCUT2D eigenvalue weighted by molar-refractivity contribution is 5.86. The number of nitrogens with one attached hydrogen (secondary N) is 1. The Morgan fingerprint density at radius 3 is 2.67 bits per heavy atom. The van der Waals surface area contributed by atoms with Crippen molar-refractivity contribution in [1.82, 2.24) is 5.32 Å². The fraction of sp³-hybridized carbons (Fsp3) is 0.875. The first kappa shape index (κ1) is 9.96. The Morgan fingerprint density at radius 1 is 1.50 bits per heavy atom. The van der Waals surface area contributed by atoms with Crippen LogP contribution in [-0.4, -0.2) is 30.1 Å². The summed E-state index contributed by atoms with van der Waals surface area (Å²) in [5.41, 5.74) is 0.134. The van der Waals surface area contributed by atoms with Gasteiger partial charge in [0.25, 0.3) is 0 Å². The lowest BCUT2D eigenvalue weighted by Crippen LogP contribution is -2.53. The number of halogens is 1. The van der Waals surface area contributed by atoms with Gasteiger partial charge >= 0.3 is 0 Å². The van der Waals surface area contributed by atoms with Crippen molar-refractivity contribution in [1.29, 1.82) is 0 Å². The van der Waals surface area contributed by atoms with Crippen LogP contribution in [-0.2, 0) is 4.79 Å². The van der Waals surface area contributed by atoms with Gasteiger partial charge in [-0.3, -0.25) is 4.79 Å². The van der Waals surface area contributed by atoms with E-state index in [-0.39, 0.29) is 23.9 Å². The molecule has 1 saturated heterocycles. The van der Waals surface area contributed by atoms with Crippen LogP contribution >= 0.6 is 12.4 Å². The predicted octanol–water partition coefficient (Wildman–Crippen LogP) is 0.112. The molecule has 0 aromatic carbocycles. The molecule has 0 amide bonds. The van der Waals surface area contributed by atoms with Gasteiger partial charge in [0, 0.05) is 25.9 Å². The Hall–Kier alpha value is -0.120. The van der Waals surface area contributed by atoms with Crippen LogP contribution in [0, 0.1) is 5.41 Å². The topological polar surface area (TPSA) is 49.3 Å².